The monoisotopic (exact) mass is 251 g/mol. The molecule has 102 valence electrons. The highest BCUT2D eigenvalue weighted by atomic mass is 15.1. The van der Waals surface area contributed by atoms with Gasteiger partial charge in [0, 0.05) is 11.6 Å². The van der Waals surface area contributed by atoms with E-state index in [0.717, 1.165) is 24.3 Å². The summed E-state index contributed by atoms with van der Waals surface area (Å²) in [5.74, 6) is 1.75. The molecule has 1 rings (SSSR count). The lowest BCUT2D eigenvalue weighted by molar-refractivity contribution is 0.390. The van der Waals surface area contributed by atoms with Gasteiger partial charge < -0.3 is 16.0 Å². The lowest BCUT2D eigenvalue weighted by atomic mass is 10.0. The molecule has 18 heavy (non-hydrogen) atoms. The van der Waals surface area contributed by atoms with Crippen LogP contribution in [0.1, 0.15) is 38.7 Å². The second kappa shape index (κ2) is 6.54. The van der Waals surface area contributed by atoms with E-state index in [1.54, 1.807) is 0 Å². The Morgan fingerprint density at radius 1 is 1.28 bits per heavy atom. The minimum atomic E-state index is 0.315. The Bertz CT molecular complexity index is 376. The van der Waals surface area contributed by atoms with Crippen molar-refractivity contribution >= 4 is 11.6 Å². The summed E-state index contributed by atoms with van der Waals surface area (Å²) < 4.78 is 0. The fraction of sp³-hybridized carbons (Fsp3) is 0.692. The molecular weight excluding hydrogens is 226 g/mol. The Balaban J connectivity index is 2.75. The number of aromatic nitrogens is 2. The Kier molecular flexibility index (Phi) is 5.34. The molecule has 0 aliphatic heterocycles. The molecular formula is C13H25N5. The molecule has 0 fully saturated rings. The van der Waals surface area contributed by atoms with Crippen LogP contribution in [-0.4, -0.2) is 41.5 Å². The van der Waals surface area contributed by atoms with Gasteiger partial charge in [-0.15, -0.1) is 0 Å². The molecule has 0 saturated carbocycles. The number of hydrogen-bond acceptors (Lipinski definition) is 5. The lowest BCUT2D eigenvalue weighted by Crippen LogP contribution is -2.24. The smallest absolute Gasteiger partial charge is 0.135 e. The van der Waals surface area contributed by atoms with Gasteiger partial charge in [0.15, 0.2) is 0 Å². The summed E-state index contributed by atoms with van der Waals surface area (Å²) in [6.45, 7) is 7.41. The maximum absolute atomic E-state index is 5.92. The van der Waals surface area contributed by atoms with Gasteiger partial charge in [0.25, 0.3) is 0 Å². The number of hydrogen-bond donors (Lipinski definition) is 2. The van der Waals surface area contributed by atoms with Gasteiger partial charge in [-0.3, -0.25) is 0 Å². The normalized spacial score (nSPS) is 13.1. The third kappa shape index (κ3) is 4.14. The first-order chi connectivity index (χ1) is 8.41. The van der Waals surface area contributed by atoms with Crippen LogP contribution in [0.15, 0.2) is 6.33 Å². The van der Waals surface area contributed by atoms with Crippen LogP contribution < -0.4 is 11.1 Å². The van der Waals surface area contributed by atoms with Crippen molar-refractivity contribution in [3.05, 3.63) is 11.9 Å². The van der Waals surface area contributed by atoms with Crippen molar-refractivity contribution in [1.29, 1.82) is 0 Å². The lowest BCUT2D eigenvalue weighted by Gasteiger charge is -2.20. The summed E-state index contributed by atoms with van der Waals surface area (Å²) in [6, 6.07) is 0.360. The van der Waals surface area contributed by atoms with Crippen molar-refractivity contribution in [2.45, 2.75) is 39.2 Å². The number of nitrogen functional groups attached to an aromatic ring is 1. The molecule has 0 bridgehead atoms. The van der Waals surface area contributed by atoms with Gasteiger partial charge in [-0.25, -0.2) is 9.97 Å². The standard InChI is InChI=1S/C13H25N5/c1-9(2)11-12(14)15-8-16-13(11)17-10(3)6-7-18(4)5/h8-10H,6-7H2,1-5H3,(H3,14,15,16,17). The summed E-state index contributed by atoms with van der Waals surface area (Å²) in [4.78, 5) is 10.5. The van der Waals surface area contributed by atoms with Gasteiger partial charge in [0.05, 0.1) is 0 Å². The molecule has 0 aromatic carbocycles. The third-order valence-electron chi connectivity index (χ3n) is 2.88. The highest BCUT2D eigenvalue weighted by Gasteiger charge is 2.14. The fourth-order valence-corrected chi connectivity index (χ4v) is 1.85. The van der Waals surface area contributed by atoms with Crippen molar-refractivity contribution in [2.24, 2.45) is 0 Å². The fourth-order valence-electron chi connectivity index (χ4n) is 1.85. The van der Waals surface area contributed by atoms with E-state index in [9.17, 15) is 0 Å². The van der Waals surface area contributed by atoms with E-state index >= 15 is 0 Å². The molecule has 0 aliphatic rings. The van der Waals surface area contributed by atoms with Gasteiger partial charge in [-0.1, -0.05) is 13.8 Å². The molecule has 5 heteroatoms. The Labute approximate surface area is 110 Å². The minimum Gasteiger partial charge on any atom is -0.383 e. The third-order valence-corrected chi connectivity index (χ3v) is 2.88. The zero-order valence-electron chi connectivity index (χ0n) is 12.1. The number of nitrogens with zero attached hydrogens (tertiary/aromatic N) is 3. The van der Waals surface area contributed by atoms with Crippen LogP contribution in [0.4, 0.5) is 11.6 Å². The van der Waals surface area contributed by atoms with Crippen molar-refractivity contribution < 1.29 is 0 Å². The van der Waals surface area contributed by atoms with E-state index in [4.69, 9.17) is 5.73 Å². The molecule has 0 saturated heterocycles. The second-order valence-corrected chi connectivity index (χ2v) is 5.31. The minimum absolute atomic E-state index is 0.315. The molecule has 0 aliphatic carbocycles. The number of rotatable bonds is 6. The second-order valence-electron chi connectivity index (χ2n) is 5.31. The van der Waals surface area contributed by atoms with Gasteiger partial charge in [-0.05, 0) is 39.9 Å². The van der Waals surface area contributed by atoms with Crippen LogP contribution in [-0.2, 0) is 0 Å². The zero-order valence-corrected chi connectivity index (χ0v) is 12.1. The van der Waals surface area contributed by atoms with Crippen LogP contribution in [0.25, 0.3) is 0 Å². The molecule has 1 aromatic rings. The molecule has 1 aromatic heterocycles. The molecule has 1 atom stereocenters. The quantitative estimate of drug-likeness (QED) is 0.808. The number of nitrogens with one attached hydrogen (secondary N) is 1. The Morgan fingerprint density at radius 3 is 2.50 bits per heavy atom. The molecule has 5 nitrogen and oxygen atoms in total. The summed E-state index contributed by atoms with van der Waals surface area (Å²) in [5, 5.41) is 3.43. The van der Waals surface area contributed by atoms with Crippen molar-refractivity contribution in [1.82, 2.24) is 14.9 Å². The van der Waals surface area contributed by atoms with Crippen molar-refractivity contribution in [2.75, 3.05) is 31.7 Å². The summed E-state index contributed by atoms with van der Waals surface area (Å²) in [7, 11) is 4.16. The van der Waals surface area contributed by atoms with Gasteiger partial charge >= 0.3 is 0 Å². The number of anilines is 2. The summed E-state index contributed by atoms with van der Waals surface area (Å²) in [6.07, 6.45) is 2.58. The highest BCUT2D eigenvalue weighted by Crippen LogP contribution is 2.26. The maximum Gasteiger partial charge on any atom is 0.135 e. The van der Waals surface area contributed by atoms with Crippen molar-refractivity contribution in [3.63, 3.8) is 0 Å². The topological polar surface area (TPSA) is 67.1 Å². The first kappa shape index (κ1) is 14.7. The molecule has 0 spiro atoms. The average molecular weight is 251 g/mol. The van der Waals surface area contributed by atoms with Crippen LogP contribution >= 0.6 is 0 Å². The largest absolute Gasteiger partial charge is 0.383 e. The van der Waals surface area contributed by atoms with Crippen LogP contribution in [0.2, 0.25) is 0 Å². The molecule has 1 heterocycles. The maximum atomic E-state index is 5.92. The van der Waals surface area contributed by atoms with E-state index in [0.29, 0.717) is 17.8 Å². The van der Waals surface area contributed by atoms with Crippen molar-refractivity contribution in [3.8, 4) is 0 Å². The van der Waals surface area contributed by atoms with Gasteiger partial charge in [0.2, 0.25) is 0 Å². The number of nitrogens with two attached hydrogens (primary N) is 1. The molecule has 0 radical (unpaired) electrons. The van der Waals surface area contributed by atoms with E-state index in [2.05, 4.69) is 55.1 Å². The van der Waals surface area contributed by atoms with E-state index in [1.807, 2.05) is 0 Å². The van der Waals surface area contributed by atoms with Crippen LogP contribution in [0, 0.1) is 0 Å². The summed E-state index contributed by atoms with van der Waals surface area (Å²) >= 11 is 0. The summed E-state index contributed by atoms with van der Waals surface area (Å²) in [5.41, 5.74) is 6.93. The van der Waals surface area contributed by atoms with Gasteiger partial charge in [0.1, 0.15) is 18.0 Å². The van der Waals surface area contributed by atoms with Crippen LogP contribution in [0.5, 0.6) is 0 Å². The zero-order chi connectivity index (χ0) is 13.7. The molecule has 0 amide bonds. The SMILES string of the molecule is CC(CCN(C)C)Nc1ncnc(N)c1C(C)C. The van der Waals surface area contributed by atoms with E-state index in [-0.39, 0.29) is 0 Å². The van der Waals surface area contributed by atoms with Crippen LogP contribution in [0.3, 0.4) is 0 Å². The highest BCUT2D eigenvalue weighted by molar-refractivity contribution is 5.56. The predicted molar refractivity (Wildman–Crippen MR) is 76.8 cm³/mol. The first-order valence-corrected chi connectivity index (χ1v) is 6.43. The van der Waals surface area contributed by atoms with Gasteiger partial charge in [-0.2, -0.15) is 0 Å². The first-order valence-electron chi connectivity index (χ1n) is 6.43. The molecule has 3 N–H and O–H groups in total. The van der Waals surface area contributed by atoms with E-state index in [1.165, 1.54) is 6.33 Å². The predicted octanol–water partition coefficient (Wildman–Crippen LogP) is 1.93. The Morgan fingerprint density at radius 2 is 1.94 bits per heavy atom. The van der Waals surface area contributed by atoms with E-state index < -0.39 is 0 Å². The average Bonchev–Trinajstić information content (AvgIpc) is 2.26. The Hall–Kier alpha value is -1.36. The molecule has 1 unspecified atom stereocenters.